The lowest BCUT2D eigenvalue weighted by Crippen LogP contribution is -2.26. The van der Waals surface area contributed by atoms with Gasteiger partial charge in [0.05, 0.1) is 5.75 Å². The second-order valence-electron chi connectivity index (χ2n) is 5.24. The number of rotatable bonds is 13. The largest absolute Gasteiger partial charge is 0.369 e. The lowest BCUT2D eigenvalue weighted by Gasteiger charge is -2.12. The van der Waals surface area contributed by atoms with Crippen molar-refractivity contribution < 1.29 is 13.2 Å². The first-order valence-electron chi connectivity index (χ1n) is 7.69. The summed E-state index contributed by atoms with van der Waals surface area (Å²) >= 11 is 0. The molecule has 1 unspecified atom stereocenters. The minimum Gasteiger partial charge on any atom is -0.369 e. The van der Waals surface area contributed by atoms with Crippen molar-refractivity contribution >= 4 is 15.9 Å². The van der Waals surface area contributed by atoms with Gasteiger partial charge in [-0.15, -0.1) is 0 Å². The molecule has 0 bridgehead atoms. The number of hydrogen-bond acceptors (Lipinski definition) is 3. The molecule has 20 heavy (non-hydrogen) atoms. The molecule has 0 saturated heterocycles. The summed E-state index contributed by atoms with van der Waals surface area (Å²) in [6.07, 6.45) is 7.70. The van der Waals surface area contributed by atoms with Crippen LogP contribution in [-0.4, -0.2) is 26.6 Å². The van der Waals surface area contributed by atoms with Crippen LogP contribution in [0.5, 0.6) is 0 Å². The number of sulfonamides is 1. The quantitative estimate of drug-likeness (QED) is 0.511. The van der Waals surface area contributed by atoms with Crippen LogP contribution in [-0.2, 0) is 14.8 Å². The van der Waals surface area contributed by atoms with Crippen LogP contribution < -0.4 is 10.5 Å². The number of primary amides is 1. The number of unbranched alkanes of at least 4 members (excludes halogenated alkanes) is 4. The van der Waals surface area contributed by atoms with Gasteiger partial charge in [0.25, 0.3) is 0 Å². The molecule has 3 N–H and O–H groups in total. The summed E-state index contributed by atoms with van der Waals surface area (Å²) in [5, 5.41) is 0. The van der Waals surface area contributed by atoms with E-state index in [-0.39, 0.29) is 17.6 Å². The number of carbonyl (C=O) groups is 1. The van der Waals surface area contributed by atoms with Gasteiger partial charge in [-0.3, -0.25) is 4.79 Å². The minimum atomic E-state index is -3.06. The smallest absolute Gasteiger partial charge is 0.220 e. The zero-order valence-corrected chi connectivity index (χ0v) is 13.7. The number of carbonyl (C=O) groups excluding carboxylic acids is 1. The van der Waals surface area contributed by atoms with Crippen molar-refractivity contribution in [3.63, 3.8) is 0 Å². The molecule has 0 aliphatic heterocycles. The van der Waals surface area contributed by atoms with Crippen LogP contribution in [0.3, 0.4) is 0 Å². The van der Waals surface area contributed by atoms with Crippen molar-refractivity contribution in [2.75, 3.05) is 12.3 Å². The number of hydrogen-bond donors (Lipinski definition) is 2. The van der Waals surface area contributed by atoms with Gasteiger partial charge in [-0.05, 0) is 26.2 Å². The average Bonchev–Trinajstić information content (AvgIpc) is 2.40. The Bertz CT molecular complexity index is 355. The van der Waals surface area contributed by atoms with Gasteiger partial charge in [0.2, 0.25) is 15.9 Å². The van der Waals surface area contributed by atoms with Gasteiger partial charge in [-0.25, -0.2) is 13.1 Å². The summed E-state index contributed by atoms with van der Waals surface area (Å²) < 4.78 is 24.9. The Kier molecular flexibility index (Phi) is 10.7. The SMILES string of the molecule is CCCCC(CCCCCCNS(=O)(=O)CC)C(N)=O. The molecule has 0 spiro atoms. The Morgan fingerprint density at radius 3 is 2.20 bits per heavy atom. The molecule has 0 saturated carbocycles. The third-order valence-electron chi connectivity index (χ3n) is 3.49. The summed E-state index contributed by atoms with van der Waals surface area (Å²) in [5.41, 5.74) is 5.39. The molecule has 120 valence electrons. The third-order valence-corrected chi connectivity index (χ3v) is 4.89. The molecule has 0 radical (unpaired) electrons. The highest BCUT2D eigenvalue weighted by Crippen LogP contribution is 2.16. The zero-order chi connectivity index (χ0) is 15.4. The van der Waals surface area contributed by atoms with E-state index in [1.54, 1.807) is 6.92 Å². The second kappa shape index (κ2) is 11.1. The van der Waals surface area contributed by atoms with Gasteiger partial charge in [0.15, 0.2) is 0 Å². The van der Waals surface area contributed by atoms with Crippen LogP contribution in [0.1, 0.15) is 65.2 Å². The highest BCUT2D eigenvalue weighted by Gasteiger charge is 2.13. The van der Waals surface area contributed by atoms with Crippen LogP contribution >= 0.6 is 0 Å². The first kappa shape index (κ1) is 19.4. The maximum Gasteiger partial charge on any atom is 0.220 e. The van der Waals surface area contributed by atoms with E-state index in [1.165, 1.54) is 0 Å². The third kappa shape index (κ3) is 10.2. The Morgan fingerprint density at radius 2 is 1.65 bits per heavy atom. The van der Waals surface area contributed by atoms with E-state index >= 15 is 0 Å². The van der Waals surface area contributed by atoms with E-state index in [0.717, 1.165) is 51.4 Å². The highest BCUT2D eigenvalue weighted by molar-refractivity contribution is 7.89. The summed E-state index contributed by atoms with van der Waals surface area (Å²) in [6, 6.07) is 0. The Balaban J connectivity index is 3.62. The van der Waals surface area contributed by atoms with Crippen molar-refractivity contribution in [1.29, 1.82) is 0 Å². The highest BCUT2D eigenvalue weighted by atomic mass is 32.2. The lowest BCUT2D eigenvalue weighted by molar-refractivity contribution is -0.122. The molecular formula is C14H30N2O3S. The van der Waals surface area contributed by atoms with Crippen LogP contribution in [0, 0.1) is 5.92 Å². The monoisotopic (exact) mass is 306 g/mol. The van der Waals surface area contributed by atoms with Crippen molar-refractivity contribution in [3.8, 4) is 0 Å². The molecule has 0 fully saturated rings. The normalized spacial score (nSPS) is 13.3. The maximum atomic E-state index is 11.3. The first-order valence-corrected chi connectivity index (χ1v) is 9.34. The zero-order valence-electron chi connectivity index (χ0n) is 12.9. The standard InChI is InChI=1S/C14H30N2O3S/c1-3-5-10-13(14(15)17)11-8-6-7-9-12-16-20(18,19)4-2/h13,16H,3-12H2,1-2H3,(H2,15,17). The topological polar surface area (TPSA) is 89.3 Å². The van der Waals surface area contributed by atoms with Crippen molar-refractivity contribution in [3.05, 3.63) is 0 Å². The van der Waals surface area contributed by atoms with E-state index in [4.69, 9.17) is 5.73 Å². The van der Waals surface area contributed by atoms with E-state index in [0.29, 0.717) is 6.54 Å². The molecule has 0 aromatic rings. The molecule has 0 aromatic carbocycles. The Hall–Kier alpha value is -0.620. The summed E-state index contributed by atoms with van der Waals surface area (Å²) in [5.74, 6) is -0.0484. The number of nitrogens with two attached hydrogens (primary N) is 1. The lowest BCUT2D eigenvalue weighted by atomic mass is 9.95. The summed E-state index contributed by atoms with van der Waals surface area (Å²) in [7, 11) is -3.06. The van der Waals surface area contributed by atoms with E-state index in [9.17, 15) is 13.2 Å². The molecule has 1 atom stereocenters. The predicted octanol–water partition coefficient (Wildman–Crippen LogP) is 2.17. The minimum absolute atomic E-state index is 0.00791. The molecule has 0 aromatic heterocycles. The van der Waals surface area contributed by atoms with Crippen LogP contribution in [0.15, 0.2) is 0 Å². The Morgan fingerprint density at radius 1 is 1.05 bits per heavy atom. The molecule has 0 heterocycles. The predicted molar refractivity (Wildman–Crippen MR) is 82.8 cm³/mol. The molecule has 0 rings (SSSR count). The van der Waals surface area contributed by atoms with Gasteiger partial charge in [-0.2, -0.15) is 0 Å². The van der Waals surface area contributed by atoms with Gasteiger partial charge >= 0.3 is 0 Å². The maximum absolute atomic E-state index is 11.3. The molecule has 5 nitrogen and oxygen atoms in total. The first-order chi connectivity index (χ1) is 9.43. The summed E-state index contributed by atoms with van der Waals surface area (Å²) in [4.78, 5) is 11.3. The number of amides is 1. The average molecular weight is 306 g/mol. The van der Waals surface area contributed by atoms with Gasteiger partial charge in [-0.1, -0.05) is 39.0 Å². The van der Waals surface area contributed by atoms with Crippen LogP contribution in [0.4, 0.5) is 0 Å². The molecule has 1 amide bonds. The van der Waals surface area contributed by atoms with Gasteiger partial charge in [0, 0.05) is 12.5 Å². The summed E-state index contributed by atoms with van der Waals surface area (Å²) in [6.45, 7) is 4.24. The molecular weight excluding hydrogens is 276 g/mol. The molecule has 0 aliphatic carbocycles. The second-order valence-corrected chi connectivity index (χ2v) is 7.34. The van der Waals surface area contributed by atoms with Crippen LogP contribution in [0.2, 0.25) is 0 Å². The molecule has 0 aliphatic rings. The van der Waals surface area contributed by atoms with Crippen molar-refractivity contribution in [2.24, 2.45) is 11.7 Å². The Labute approximate surface area is 123 Å². The fourth-order valence-corrected chi connectivity index (χ4v) is 2.74. The van der Waals surface area contributed by atoms with E-state index < -0.39 is 10.0 Å². The fraction of sp³-hybridized carbons (Fsp3) is 0.929. The van der Waals surface area contributed by atoms with Crippen molar-refractivity contribution in [2.45, 2.75) is 65.2 Å². The number of nitrogens with one attached hydrogen (secondary N) is 1. The molecule has 6 heteroatoms. The van der Waals surface area contributed by atoms with Crippen LogP contribution in [0.25, 0.3) is 0 Å². The van der Waals surface area contributed by atoms with Crippen molar-refractivity contribution in [1.82, 2.24) is 4.72 Å². The van der Waals surface area contributed by atoms with Gasteiger partial charge in [0.1, 0.15) is 0 Å². The van der Waals surface area contributed by atoms with E-state index in [2.05, 4.69) is 11.6 Å². The fourth-order valence-electron chi connectivity index (χ4n) is 2.08. The van der Waals surface area contributed by atoms with Gasteiger partial charge < -0.3 is 5.73 Å². The van der Waals surface area contributed by atoms with E-state index in [1.807, 2.05) is 0 Å².